The van der Waals surface area contributed by atoms with Gasteiger partial charge in [-0.1, -0.05) is 25.3 Å². The molecule has 0 amide bonds. The summed E-state index contributed by atoms with van der Waals surface area (Å²) in [7, 11) is 0. The summed E-state index contributed by atoms with van der Waals surface area (Å²) >= 11 is 0. The van der Waals surface area contributed by atoms with Gasteiger partial charge in [0.05, 0.1) is 0 Å². The molecule has 0 radical (unpaired) electrons. The quantitative estimate of drug-likeness (QED) is 0.658. The van der Waals surface area contributed by atoms with Gasteiger partial charge in [0, 0.05) is 0 Å². The highest BCUT2D eigenvalue weighted by atomic mass is 19.2. The standard InChI is InChI=1S/C11H12F2/c12-10-5-4-9(7-11(10)13)6-8-2-1-3-8/h4-5,7-8H,1-3,6H2. The molecule has 0 N–H and O–H groups in total. The van der Waals surface area contributed by atoms with Gasteiger partial charge >= 0.3 is 0 Å². The van der Waals surface area contributed by atoms with Crippen molar-refractivity contribution in [2.24, 2.45) is 5.92 Å². The van der Waals surface area contributed by atoms with Gasteiger partial charge in [-0.25, -0.2) is 8.78 Å². The molecule has 0 saturated heterocycles. The predicted molar refractivity (Wildman–Crippen MR) is 47.4 cm³/mol. The smallest absolute Gasteiger partial charge is 0.159 e. The van der Waals surface area contributed by atoms with Crippen LogP contribution in [0, 0.1) is 17.6 Å². The summed E-state index contributed by atoms with van der Waals surface area (Å²) in [6, 6.07) is 4.20. The van der Waals surface area contributed by atoms with Crippen LogP contribution in [0.15, 0.2) is 18.2 Å². The minimum atomic E-state index is -0.752. The lowest BCUT2D eigenvalue weighted by molar-refractivity contribution is 0.314. The zero-order valence-corrected chi connectivity index (χ0v) is 7.39. The highest BCUT2D eigenvalue weighted by Crippen LogP contribution is 2.29. The average molecular weight is 182 g/mol. The predicted octanol–water partition coefficient (Wildman–Crippen LogP) is 3.31. The maximum atomic E-state index is 12.8. The van der Waals surface area contributed by atoms with E-state index in [0.29, 0.717) is 5.92 Å². The molecule has 2 rings (SSSR count). The van der Waals surface area contributed by atoms with Gasteiger partial charge in [-0.15, -0.1) is 0 Å². The Balaban J connectivity index is 2.07. The van der Waals surface area contributed by atoms with Crippen LogP contribution in [0.5, 0.6) is 0 Å². The molecular weight excluding hydrogens is 170 g/mol. The Kier molecular flexibility index (Phi) is 2.30. The largest absolute Gasteiger partial charge is 0.204 e. The van der Waals surface area contributed by atoms with E-state index in [9.17, 15) is 8.78 Å². The van der Waals surface area contributed by atoms with Crippen LogP contribution in [-0.2, 0) is 6.42 Å². The highest BCUT2D eigenvalue weighted by Gasteiger charge is 2.17. The second-order valence-corrected chi connectivity index (χ2v) is 3.75. The molecule has 0 nitrogen and oxygen atoms in total. The summed E-state index contributed by atoms with van der Waals surface area (Å²) in [6.45, 7) is 0. The summed E-state index contributed by atoms with van der Waals surface area (Å²) in [4.78, 5) is 0. The zero-order valence-electron chi connectivity index (χ0n) is 7.39. The first-order chi connectivity index (χ1) is 6.25. The SMILES string of the molecule is Fc1ccc(CC2CCC2)cc1F. The zero-order chi connectivity index (χ0) is 9.26. The van der Waals surface area contributed by atoms with Crippen LogP contribution in [0.3, 0.4) is 0 Å². The van der Waals surface area contributed by atoms with Crippen molar-refractivity contribution >= 4 is 0 Å². The lowest BCUT2D eigenvalue weighted by Gasteiger charge is -2.25. The molecule has 2 heteroatoms. The Morgan fingerprint density at radius 3 is 2.46 bits per heavy atom. The summed E-state index contributed by atoms with van der Waals surface area (Å²) in [5.41, 5.74) is 0.920. The first kappa shape index (κ1) is 8.67. The van der Waals surface area contributed by atoms with Crippen LogP contribution in [-0.4, -0.2) is 0 Å². The van der Waals surface area contributed by atoms with Gasteiger partial charge in [0.15, 0.2) is 11.6 Å². The van der Waals surface area contributed by atoms with Crippen molar-refractivity contribution in [3.63, 3.8) is 0 Å². The molecular formula is C11H12F2. The molecule has 0 bridgehead atoms. The first-order valence-corrected chi connectivity index (χ1v) is 4.69. The number of benzene rings is 1. The van der Waals surface area contributed by atoms with Crippen molar-refractivity contribution < 1.29 is 8.78 Å². The average Bonchev–Trinajstić information content (AvgIpc) is 2.04. The van der Waals surface area contributed by atoms with Crippen molar-refractivity contribution in [2.75, 3.05) is 0 Å². The van der Waals surface area contributed by atoms with Gasteiger partial charge in [-0.3, -0.25) is 0 Å². The lowest BCUT2D eigenvalue weighted by atomic mass is 9.81. The van der Waals surface area contributed by atoms with Gasteiger partial charge in [-0.2, -0.15) is 0 Å². The van der Waals surface area contributed by atoms with Crippen molar-refractivity contribution in [3.8, 4) is 0 Å². The minimum absolute atomic E-state index is 0.699. The topological polar surface area (TPSA) is 0 Å². The maximum absolute atomic E-state index is 12.8. The van der Waals surface area contributed by atoms with Gasteiger partial charge < -0.3 is 0 Å². The van der Waals surface area contributed by atoms with Gasteiger partial charge in [-0.05, 0) is 30.0 Å². The van der Waals surface area contributed by atoms with E-state index in [2.05, 4.69) is 0 Å². The van der Waals surface area contributed by atoms with Crippen molar-refractivity contribution in [1.29, 1.82) is 0 Å². The Morgan fingerprint density at radius 2 is 1.92 bits per heavy atom. The Bertz CT molecular complexity index is 303. The van der Waals surface area contributed by atoms with Crippen molar-refractivity contribution in [3.05, 3.63) is 35.4 Å². The molecule has 13 heavy (non-hydrogen) atoms. The van der Waals surface area contributed by atoms with Crippen molar-refractivity contribution in [1.82, 2.24) is 0 Å². The Hall–Kier alpha value is -0.920. The summed E-state index contributed by atoms with van der Waals surface area (Å²) in [5, 5.41) is 0. The highest BCUT2D eigenvalue weighted by molar-refractivity contribution is 5.18. The van der Waals surface area contributed by atoms with E-state index >= 15 is 0 Å². The van der Waals surface area contributed by atoms with E-state index in [1.165, 1.54) is 31.4 Å². The molecule has 70 valence electrons. The molecule has 1 aromatic rings. The molecule has 1 saturated carbocycles. The van der Waals surface area contributed by atoms with Crippen LogP contribution in [0.2, 0.25) is 0 Å². The fraction of sp³-hybridized carbons (Fsp3) is 0.455. The molecule has 1 aromatic carbocycles. The number of hydrogen-bond acceptors (Lipinski definition) is 0. The molecule has 0 atom stereocenters. The van der Waals surface area contributed by atoms with Crippen LogP contribution in [0.25, 0.3) is 0 Å². The minimum Gasteiger partial charge on any atom is -0.204 e. The van der Waals surface area contributed by atoms with Gasteiger partial charge in [0.1, 0.15) is 0 Å². The van der Waals surface area contributed by atoms with Gasteiger partial charge in [0.25, 0.3) is 0 Å². The number of rotatable bonds is 2. The summed E-state index contributed by atoms with van der Waals surface area (Å²) in [5.74, 6) is -0.779. The van der Waals surface area contributed by atoms with E-state index in [-0.39, 0.29) is 0 Å². The van der Waals surface area contributed by atoms with Crippen LogP contribution >= 0.6 is 0 Å². The normalized spacial score (nSPS) is 17.1. The summed E-state index contributed by atoms with van der Waals surface area (Å²) in [6.07, 6.45) is 4.66. The molecule has 1 aliphatic carbocycles. The third kappa shape index (κ3) is 1.87. The second kappa shape index (κ2) is 3.44. The van der Waals surface area contributed by atoms with Crippen LogP contribution < -0.4 is 0 Å². The summed E-state index contributed by atoms with van der Waals surface area (Å²) < 4.78 is 25.3. The lowest BCUT2D eigenvalue weighted by Crippen LogP contribution is -2.13. The molecule has 1 aliphatic rings. The first-order valence-electron chi connectivity index (χ1n) is 4.69. The molecule has 0 unspecified atom stereocenters. The van der Waals surface area contributed by atoms with Crippen molar-refractivity contribution in [2.45, 2.75) is 25.7 Å². The van der Waals surface area contributed by atoms with E-state index in [0.717, 1.165) is 12.0 Å². The van der Waals surface area contributed by atoms with Gasteiger partial charge in [0.2, 0.25) is 0 Å². The third-order valence-electron chi connectivity index (χ3n) is 2.73. The van der Waals surface area contributed by atoms with Crippen LogP contribution in [0.1, 0.15) is 24.8 Å². The van der Waals surface area contributed by atoms with E-state index in [4.69, 9.17) is 0 Å². The number of halogens is 2. The second-order valence-electron chi connectivity index (χ2n) is 3.75. The van der Waals surface area contributed by atoms with E-state index < -0.39 is 11.6 Å². The Labute approximate surface area is 76.6 Å². The monoisotopic (exact) mass is 182 g/mol. The van der Waals surface area contributed by atoms with Crippen LogP contribution in [0.4, 0.5) is 8.78 Å². The molecule has 0 aromatic heterocycles. The fourth-order valence-electron chi connectivity index (χ4n) is 1.70. The molecule has 0 aliphatic heterocycles. The number of hydrogen-bond donors (Lipinski definition) is 0. The third-order valence-corrected chi connectivity index (χ3v) is 2.73. The fourth-order valence-corrected chi connectivity index (χ4v) is 1.70. The Morgan fingerprint density at radius 1 is 1.15 bits per heavy atom. The van der Waals surface area contributed by atoms with E-state index in [1.807, 2.05) is 0 Å². The molecule has 0 heterocycles. The molecule has 0 spiro atoms. The molecule has 1 fully saturated rings. The maximum Gasteiger partial charge on any atom is 0.159 e. The van der Waals surface area contributed by atoms with E-state index in [1.54, 1.807) is 6.07 Å².